The van der Waals surface area contributed by atoms with Gasteiger partial charge >= 0.3 is 29.6 Å². The van der Waals surface area contributed by atoms with Crippen molar-refractivity contribution in [2.24, 2.45) is 0 Å². The smallest absolute Gasteiger partial charge is 0.769 e. The predicted octanol–water partition coefficient (Wildman–Crippen LogP) is 0.789. The molecule has 0 aliphatic heterocycles. The first-order valence-electron chi connectivity index (χ1n) is 5.56. The summed E-state index contributed by atoms with van der Waals surface area (Å²) in [5.41, 5.74) is 1.14. The molecule has 116 valence electrons. The van der Waals surface area contributed by atoms with Gasteiger partial charge in [-0.3, -0.25) is 0 Å². The minimum Gasteiger partial charge on any atom is -0.769 e. The van der Waals surface area contributed by atoms with Gasteiger partial charge in [0, 0.05) is 0 Å². The molecule has 0 aliphatic rings. The zero-order valence-electron chi connectivity index (χ0n) is 12.2. The number of benzene rings is 2. The fourth-order valence-corrected chi connectivity index (χ4v) is 2.04. The summed E-state index contributed by atoms with van der Waals surface area (Å²) in [5.74, 6) is -0.316. The summed E-state index contributed by atoms with van der Waals surface area (Å²) in [6.07, 6.45) is 0. The summed E-state index contributed by atoms with van der Waals surface area (Å²) < 4.78 is 33.0. The number of phenols is 2. The molecule has 0 spiro atoms. The van der Waals surface area contributed by atoms with Crippen molar-refractivity contribution in [2.45, 2.75) is 13.8 Å². The summed E-state index contributed by atoms with van der Waals surface area (Å²) >= 11 is 5.27. The van der Waals surface area contributed by atoms with Crippen LogP contribution in [0.3, 0.4) is 0 Å². The Morgan fingerprint density at radius 3 is 1.86 bits per heavy atom. The van der Waals surface area contributed by atoms with Crippen molar-refractivity contribution < 1.29 is 53.2 Å². The molecule has 2 aromatic rings. The van der Waals surface area contributed by atoms with E-state index in [1.54, 1.807) is 13.8 Å². The van der Waals surface area contributed by atoms with Crippen molar-refractivity contribution >= 4 is 34.5 Å². The number of rotatable bonds is 0. The van der Waals surface area contributed by atoms with E-state index < -0.39 is 0 Å². The summed E-state index contributed by atoms with van der Waals surface area (Å²) in [5, 5.41) is 18.0. The van der Waals surface area contributed by atoms with E-state index in [0.717, 1.165) is 0 Å². The third kappa shape index (κ3) is 8.50. The van der Waals surface area contributed by atoms with E-state index in [1.165, 1.54) is 30.3 Å². The number of aryl methyl sites for hydroxylation is 2. The monoisotopic (exact) mass is 452 g/mol. The van der Waals surface area contributed by atoms with Gasteiger partial charge in [-0.15, -0.1) is 0 Å². The van der Waals surface area contributed by atoms with Crippen molar-refractivity contribution in [1.82, 2.24) is 0 Å². The van der Waals surface area contributed by atoms with Crippen LogP contribution in [0.4, 0.5) is 8.78 Å². The van der Waals surface area contributed by atoms with Crippen LogP contribution < -0.4 is 34.2 Å². The van der Waals surface area contributed by atoms with Crippen LogP contribution in [-0.4, -0.2) is 10.2 Å². The minimum absolute atomic E-state index is 0. The Kier molecular flexibility index (Phi) is 13.5. The summed E-state index contributed by atoms with van der Waals surface area (Å²) in [4.78, 5) is 0. The van der Waals surface area contributed by atoms with Gasteiger partial charge in [0.15, 0.2) is 0 Å². The molecule has 0 fully saturated rings. The molecule has 2 N–H and O–H groups in total. The molecular formula is C14H13ClF2INaO3. The van der Waals surface area contributed by atoms with Gasteiger partial charge in [0.05, 0.1) is 3.57 Å². The number of phenolic OH excluding ortho intramolecular Hbond substituents is 2. The molecular weight excluding hydrogens is 439 g/mol. The molecule has 0 atom stereocenters. The molecule has 0 unspecified atom stereocenters. The zero-order valence-corrected chi connectivity index (χ0v) is 17.1. The first-order valence-corrected chi connectivity index (χ1v) is 6.95. The van der Waals surface area contributed by atoms with Crippen LogP contribution in [0.1, 0.15) is 11.1 Å². The van der Waals surface area contributed by atoms with E-state index in [4.69, 9.17) is 14.9 Å². The quantitative estimate of drug-likeness (QED) is 0.459. The molecule has 22 heavy (non-hydrogen) atoms. The largest absolute Gasteiger partial charge is 1.00 e. The maximum Gasteiger partial charge on any atom is 1.00 e. The van der Waals surface area contributed by atoms with Gasteiger partial charge in [-0.1, -0.05) is 0 Å². The van der Waals surface area contributed by atoms with Crippen LogP contribution >= 0.6 is 34.5 Å². The van der Waals surface area contributed by atoms with Gasteiger partial charge in [-0.2, -0.15) is 0 Å². The van der Waals surface area contributed by atoms with Crippen molar-refractivity contribution in [3.05, 3.63) is 56.7 Å². The molecule has 0 heterocycles. The van der Waals surface area contributed by atoms with Crippen LogP contribution in [0.5, 0.6) is 11.5 Å². The molecule has 3 nitrogen and oxygen atoms in total. The van der Waals surface area contributed by atoms with E-state index >= 15 is 0 Å². The predicted molar refractivity (Wildman–Crippen MR) is 84.2 cm³/mol. The van der Waals surface area contributed by atoms with Crippen LogP contribution in [0, 0.1) is 29.1 Å². The molecule has 0 bridgehead atoms. The van der Waals surface area contributed by atoms with Crippen LogP contribution in [0.15, 0.2) is 30.3 Å². The number of hydrogen-bond acceptors (Lipinski definition) is 3. The number of aromatic hydroxyl groups is 2. The Bertz CT molecular complexity index is 577. The molecule has 8 heteroatoms. The third-order valence-electron chi connectivity index (χ3n) is 2.38. The second-order valence-corrected chi connectivity index (χ2v) is 5.15. The first kappa shape index (κ1) is 24.1. The molecule has 0 aromatic heterocycles. The van der Waals surface area contributed by atoms with E-state index in [2.05, 4.69) is 11.9 Å². The first-order chi connectivity index (χ1) is 9.81. The summed E-state index contributed by atoms with van der Waals surface area (Å²) in [7, 11) is 0. The molecule has 0 radical (unpaired) electrons. The van der Waals surface area contributed by atoms with E-state index in [9.17, 15) is 8.78 Å². The second-order valence-electron chi connectivity index (χ2n) is 3.98. The zero-order chi connectivity index (χ0) is 16.6. The SMILES string of the molecule is Cc1cc(F)cc(I)c1O.Cc1cc(F)ccc1O.[Na+].[O-]Cl. The van der Waals surface area contributed by atoms with Gasteiger partial charge in [0.2, 0.25) is 0 Å². The van der Waals surface area contributed by atoms with E-state index in [1.807, 2.05) is 22.6 Å². The Labute approximate surface area is 168 Å². The summed E-state index contributed by atoms with van der Waals surface area (Å²) in [6, 6.07) is 6.45. The second kappa shape index (κ2) is 12.3. The molecule has 2 aromatic carbocycles. The van der Waals surface area contributed by atoms with Crippen molar-refractivity contribution in [1.29, 1.82) is 0 Å². The van der Waals surface area contributed by atoms with Gasteiger partial charge in [-0.25, -0.2) is 20.6 Å². The summed E-state index contributed by atoms with van der Waals surface area (Å²) in [6.45, 7) is 3.32. The Morgan fingerprint density at radius 2 is 1.45 bits per heavy atom. The normalized spacial score (nSPS) is 8.68. The molecule has 0 amide bonds. The average molecular weight is 453 g/mol. The van der Waals surface area contributed by atoms with Gasteiger partial charge in [0.1, 0.15) is 23.1 Å². The fourth-order valence-electron chi connectivity index (χ4n) is 1.31. The molecule has 0 aliphatic carbocycles. The third-order valence-corrected chi connectivity index (χ3v) is 3.20. The Hall–Kier alpha value is -0.120. The maximum atomic E-state index is 12.5. The van der Waals surface area contributed by atoms with Crippen molar-refractivity contribution in [3.63, 3.8) is 0 Å². The van der Waals surface area contributed by atoms with Crippen LogP contribution in [0.2, 0.25) is 0 Å². The Balaban J connectivity index is 0. The number of hydrogen-bond donors (Lipinski definition) is 2. The van der Waals surface area contributed by atoms with E-state index in [-0.39, 0.29) is 52.7 Å². The van der Waals surface area contributed by atoms with Gasteiger partial charge in [-0.05, 0) is 77.9 Å². The van der Waals surface area contributed by atoms with Crippen LogP contribution in [-0.2, 0) is 0 Å². The van der Waals surface area contributed by atoms with Gasteiger partial charge < -0.3 is 14.9 Å². The fraction of sp³-hybridized carbons (Fsp3) is 0.143. The minimum atomic E-state index is -0.315. The van der Waals surface area contributed by atoms with Crippen molar-refractivity contribution in [2.75, 3.05) is 0 Å². The molecule has 0 saturated carbocycles. The standard InChI is InChI=1S/C7H6FIO.C7H7FO.ClO.Na/c1-4-2-5(8)3-6(9)7(4)10;1-5-4-6(8)2-3-7(5)9;1-2;/h2-3,10H,1H3;2-4,9H,1H3;;/q;;-1;+1. The van der Waals surface area contributed by atoms with Crippen molar-refractivity contribution in [3.8, 4) is 11.5 Å². The van der Waals surface area contributed by atoms with E-state index in [0.29, 0.717) is 14.7 Å². The van der Waals surface area contributed by atoms with Gasteiger partial charge in [0.25, 0.3) is 0 Å². The maximum absolute atomic E-state index is 12.5. The molecule has 0 saturated heterocycles. The Morgan fingerprint density at radius 1 is 0.955 bits per heavy atom. The van der Waals surface area contributed by atoms with Crippen LogP contribution in [0.25, 0.3) is 0 Å². The topological polar surface area (TPSA) is 63.5 Å². The molecule has 2 rings (SSSR count). The average Bonchev–Trinajstić information content (AvgIpc) is 2.43. The number of halogens is 4.